The molecule has 2 aliphatic rings. The Hall–Kier alpha value is -6.06. The molecular weight excluding hydrogens is 794 g/mol. The van der Waals surface area contributed by atoms with Crippen LogP contribution in [0.5, 0.6) is 0 Å². The first kappa shape index (κ1) is 40.4. The smallest absolute Gasteiger partial charge is 0.338 e. The van der Waals surface area contributed by atoms with Gasteiger partial charge in [-0.25, -0.2) is 22.4 Å². The van der Waals surface area contributed by atoms with Crippen molar-refractivity contribution in [1.29, 1.82) is 0 Å². The molecule has 13 nitrogen and oxygen atoms in total. The van der Waals surface area contributed by atoms with Crippen molar-refractivity contribution in [2.24, 2.45) is 11.4 Å². The lowest BCUT2D eigenvalue weighted by atomic mass is 9.91. The lowest BCUT2D eigenvalue weighted by molar-refractivity contribution is 0.0667. The molecule has 61 heavy (non-hydrogen) atoms. The molecule has 0 bridgehead atoms. The van der Waals surface area contributed by atoms with E-state index in [1.54, 1.807) is 85.1 Å². The van der Waals surface area contributed by atoms with E-state index in [1.807, 2.05) is 42.6 Å². The first-order chi connectivity index (χ1) is 29.4. The predicted octanol–water partition coefficient (Wildman–Crippen LogP) is 7.44. The minimum Gasteiger partial charge on any atom is -0.381 e. The number of imidazole rings is 1. The minimum absolute atomic E-state index is 0.135. The number of halogens is 1. The molecule has 1 amide bonds. The van der Waals surface area contributed by atoms with Gasteiger partial charge in [0.15, 0.2) is 0 Å². The van der Waals surface area contributed by atoms with Crippen LogP contribution in [-0.4, -0.2) is 80.8 Å². The number of amides is 1. The summed E-state index contributed by atoms with van der Waals surface area (Å²) in [5.74, 6) is 0.808. The van der Waals surface area contributed by atoms with E-state index in [2.05, 4.69) is 32.2 Å². The molecule has 9 rings (SSSR count). The van der Waals surface area contributed by atoms with Gasteiger partial charge < -0.3 is 14.2 Å². The zero-order valence-electron chi connectivity index (χ0n) is 35.3. The highest BCUT2D eigenvalue weighted by Crippen LogP contribution is 2.38. The second-order valence-corrected chi connectivity index (χ2v) is 18.8. The van der Waals surface area contributed by atoms with Crippen LogP contribution in [-0.2, 0) is 34.5 Å². The van der Waals surface area contributed by atoms with Crippen LogP contribution in [0.2, 0.25) is 0 Å². The first-order valence-corrected chi connectivity index (χ1v) is 22.5. The van der Waals surface area contributed by atoms with Crippen molar-refractivity contribution in [1.82, 2.24) is 38.2 Å². The molecule has 0 spiro atoms. The summed E-state index contributed by atoms with van der Waals surface area (Å²) in [6.07, 6.45) is 7.51. The zero-order valence-corrected chi connectivity index (χ0v) is 36.2. The number of benzene rings is 3. The molecule has 1 saturated heterocycles. The molecular formula is C46H50FN9O4S. The first-order valence-electron chi connectivity index (χ1n) is 20.8. The van der Waals surface area contributed by atoms with Crippen molar-refractivity contribution in [2.45, 2.75) is 70.4 Å². The molecule has 0 unspecified atom stereocenters. The quantitative estimate of drug-likeness (QED) is 0.149. The third-order valence-corrected chi connectivity index (χ3v) is 15.0. The average molecular weight is 844 g/mol. The van der Waals surface area contributed by atoms with Gasteiger partial charge in [-0.1, -0.05) is 13.0 Å². The summed E-state index contributed by atoms with van der Waals surface area (Å²) in [4.78, 5) is 32.2. The van der Waals surface area contributed by atoms with Crippen LogP contribution in [0.4, 0.5) is 4.39 Å². The van der Waals surface area contributed by atoms with Gasteiger partial charge in [-0.15, -0.1) is 0 Å². The predicted molar refractivity (Wildman–Crippen MR) is 233 cm³/mol. The Balaban J connectivity index is 1.15. The maximum absolute atomic E-state index is 15.2. The van der Waals surface area contributed by atoms with E-state index in [1.165, 1.54) is 10.1 Å². The third kappa shape index (κ3) is 6.93. The number of aromatic nitrogens is 7. The zero-order chi connectivity index (χ0) is 42.7. The Morgan fingerprint density at radius 2 is 1.69 bits per heavy atom. The fraction of sp³-hybridized carbons (Fsp3) is 0.348. The topological polar surface area (TPSA) is 126 Å². The molecule has 7 aromatic rings. The minimum atomic E-state index is -2.56. The standard InChI is InChI=1S/C46H50FN9O4S/c1-7-61(59,48-5)38-11-9-35(10-12-38)53-20-21-54(46(53)58)44-42-31(4)52(19-15-39(42)50-56(44)37-24-29(2)43(47)30(3)25-37)45(57)41-27-34-26-33(32-16-22-60-23-17-32)8-13-40(34)55(41)28-36-14-18-49-51(36)6/h8-14,18,20-21,24-27,31-32H,7,15-17,19,22-23,28H2,1-6H3/t31-,61+/m0/s1. The number of aryl methyl sites for hydroxylation is 3. The summed E-state index contributed by atoms with van der Waals surface area (Å²) in [5.41, 5.74) is 6.94. The number of fused-ring (bicyclic) bond motifs is 2. The van der Waals surface area contributed by atoms with Gasteiger partial charge >= 0.3 is 5.69 Å². The Kier molecular flexibility index (Phi) is 10.4. The molecule has 0 radical (unpaired) electrons. The second kappa shape index (κ2) is 15.8. The molecule has 3 aromatic carbocycles. The third-order valence-electron chi connectivity index (χ3n) is 12.6. The Bertz CT molecular complexity index is 2990. The van der Waals surface area contributed by atoms with Gasteiger partial charge in [0.05, 0.1) is 45.1 Å². The summed E-state index contributed by atoms with van der Waals surface area (Å²) < 4.78 is 46.8. The van der Waals surface area contributed by atoms with Crippen molar-refractivity contribution in [3.63, 3.8) is 0 Å². The van der Waals surface area contributed by atoms with E-state index >= 15 is 9.18 Å². The molecule has 2 aliphatic heterocycles. The maximum atomic E-state index is 15.2. The van der Waals surface area contributed by atoms with Crippen LogP contribution < -0.4 is 5.69 Å². The van der Waals surface area contributed by atoms with Gasteiger partial charge in [0.25, 0.3) is 5.91 Å². The maximum Gasteiger partial charge on any atom is 0.338 e. The molecule has 4 aromatic heterocycles. The van der Waals surface area contributed by atoms with Crippen molar-refractivity contribution in [3.8, 4) is 17.2 Å². The number of hydrogen-bond acceptors (Lipinski definition) is 7. The highest BCUT2D eigenvalue weighted by molar-refractivity contribution is 7.93. The van der Waals surface area contributed by atoms with Crippen LogP contribution in [0, 0.1) is 19.7 Å². The van der Waals surface area contributed by atoms with Crippen molar-refractivity contribution in [2.75, 3.05) is 32.6 Å². The van der Waals surface area contributed by atoms with Crippen LogP contribution in [0.1, 0.15) is 82.8 Å². The van der Waals surface area contributed by atoms with Gasteiger partial charge in [-0.2, -0.15) is 10.2 Å². The van der Waals surface area contributed by atoms with Gasteiger partial charge in [0.1, 0.15) is 17.3 Å². The lowest BCUT2D eigenvalue weighted by Crippen LogP contribution is -2.40. The van der Waals surface area contributed by atoms with Crippen LogP contribution >= 0.6 is 0 Å². The monoisotopic (exact) mass is 843 g/mol. The van der Waals surface area contributed by atoms with Crippen LogP contribution in [0.3, 0.4) is 0 Å². The molecule has 15 heteroatoms. The highest BCUT2D eigenvalue weighted by atomic mass is 32.2. The van der Waals surface area contributed by atoms with Crippen molar-refractivity contribution >= 4 is 26.5 Å². The van der Waals surface area contributed by atoms with Gasteiger partial charge in [-0.05, 0) is 117 Å². The number of hydrogen-bond donors (Lipinski definition) is 0. The Labute approximate surface area is 354 Å². The van der Waals surface area contributed by atoms with Gasteiger partial charge in [0, 0.05) is 86.0 Å². The van der Waals surface area contributed by atoms with Crippen molar-refractivity contribution in [3.05, 3.63) is 141 Å². The van der Waals surface area contributed by atoms with Crippen molar-refractivity contribution < 1.29 is 18.1 Å². The largest absolute Gasteiger partial charge is 0.381 e. The van der Waals surface area contributed by atoms with Gasteiger partial charge in [-0.3, -0.25) is 18.6 Å². The molecule has 2 atom stereocenters. The fourth-order valence-electron chi connectivity index (χ4n) is 9.13. The summed E-state index contributed by atoms with van der Waals surface area (Å²) >= 11 is 0. The summed E-state index contributed by atoms with van der Waals surface area (Å²) in [7, 11) is 0.900. The Morgan fingerprint density at radius 1 is 0.967 bits per heavy atom. The number of nitrogens with zero attached hydrogens (tertiary/aromatic N) is 9. The van der Waals surface area contributed by atoms with E-state index in [4.69, 9.17) is 9.84 Å². The molecule has 0 saturated carbocycles. The number of carbonyl (C=O) groups is 1. The summed E-state index contributed by atoms with van der Waals surface area (Å²) in [6.45, 7) is 9.57. The van der Waals surface area contributed by atoms with Crippen LogP contribution in [0.15, 0.2) is 99.4 Å². The summed E-state index contributed by atoms with van der Waals surface area (Å²) in [5, 5.41) is 10.5. The van der Waals surface area contributed by atoms with Gasteiger partial charge in [0.2, 0.25) is 0 Å². The van der Waals surface area contributed by atoms with E-state index in [9.17, 15) is 9.00 Å². The fourth-order valence-corrected chi connectivity index (χ4v) is 10.5. The molecule has 316 valence electrons. The van der Waals surface area contributed by atoms with E-state index in [-0.39, 0.29) is 17.4 Å². The molecule has 0 aliphatic carbocycles. The van der Waals surface area contributed by atoms with Crippen LogP contribution in [0.25, 0.3) is 28.1 Å². The normalized spacial score (nSPS) is 16.8. The van der Waals surface area contributed by atoms with E-state index in [0.717, 1.165) is 53.9 Å². The molecule has 0 N–H and O–H groups in total. The van der Waals surface area contributed by atoms with E-state index < -0.39 is 15.8 Å². The number of carbonyl (C=O) groups excluding carboxylic acids is 1. The second-order valence-electron chi connectivity index (χ2n) is 16.1. The number of rotatable bonds is 9. The highest BCUT2D eigenvalue weighted by Gasteiger charge is 2.37. The van der Waals surface area contributed by atoms with E-state index in [0.29, 0.717) is 70.1 Å². The molecule has 1 fully saturated rings. The summed E-state index contributed by atoms with van der Waals surface area (Å²) in [6, 6.07) is 20.5. The Morgan fingerprint density at radius 3 is 2.36 bits per heavy atom. The lowest BCUT2D eigenvalue weighted by Gasteiger charge is -2.34. The number of ether oxygens (including phenoxy) is 1. The SMILES string of the molecule is CC[S@](=O)(=NC)c1ccc(-n2ccn(-c3c4c(nn3-c3cc(C)c(F)c(C)c3)CCN(C(=O)c3cc5cc(C6CCOCC6)ccc5n3Cc3ccnn3C)[C@H]4C)c2=O)cc1. The average Bonchev–Trinajstić information content (AvgIpc) is 4.06. The molecule has 6 heterocycles.